The first-order chi connectivity index (χ1) is 9.21. The van der Waals surface area contributed by atoms with Gasteiger partial charge in [-0.1, -0.05) is 0 Å². The Bertz CT molecular complexity index is 499. The molecule has 2 bridgehead atoms. The topological polar surface area (TPSA) is 99.1 Å². The predicted molar refractivity (Wildman–Crippen MR) is 53.7 cm³/mol. The summed E-state index contributed by atoms with van der Waals surface area (Å²) >= 11 is 0. The normalized spacial score (nSPS) is 41.6. The number of carboxylic acids is 1. The first-order valence-electron chi connectivity index (χ1n) is 5.89. The third kappa shape index (κ3) is 1.62. The van der Waals surface area contributed by atoms with Crippen LogP contribution in [0.25, 0.3) is 0 Å². The third-order valence-corrected chi connectivity index (χ3v) is 3.79. The van der Waals surface area contributed by atoms with Gasteiger partial charge in [0.15, 0.2) is 12.2 Å². The zero-order chi connectivity index (χ0) is 14.8. The number of hydrogen-bond donors (Lipinski definition) is 1. The smallest absolute Gasteiger partial charge is 0.377 e. The van der Waals surface area contributed by atoms with Crippen LogP contribution in [0.4, 0.5) is 8.78 Å². The molecule has 3 fully saturated rings. The number of carboxylic acid groups (broad SMARTS) is 1. The van der Waals surface area contributed by atoms with Gasteiger partial charge in [-0.3, -0.25) is 9.59 Å². The zero-order valence-corrected chi connectivity index (χ0v) is 10.1. The molecule has 110 valence electrons. The van der Waals surface area contributed by atoms with E-state index in [1.807, 2.05) is 0 Å². The van der Waals surface area contributed by atoms with Gasteiger partial charge in [-0.05, 0) is 0 Å². The minimum absolute atomic E-state index is 0.363. The largest absolute Gasteiger partial charge is 0.481 e. The van der Waals surface area contributed by atoms with Crippen molar-refractivity contribution in [2.75, 3.05) is 0 Å². The highest BCUT2D eigenvalue weighted by molar-refractivity contribution is 5.86. The van der Waals surface area contributed by atoms with E-state index < -0.39 is 60.1 Å². The summed E-state index contributed by atoms with van der Waals surface area (Å²) in [7, 11) is 0. The standard InChI is InChI=1S/C11H10F2O7/c1-11(12,13)10(17)20-7-4-2(8(14)15)3-5(18-4)6(7)19-9(3)16/h2-7H,1H3,(H,14,15). The van der Waals surface area contributed by atoms with Crippen LogP contribution in [0, 0.1) is 11.8 Å². The van der Waals surface area contributed by atoms with Gasteiger partial charge in [0, 0.05) is 6.92 Å². The van der Waals surface area contributed by atoms with E-state index in [-0.39, 0.29) is 0 Å². The van der Waals surface area contributed by atoms with Crippen LogP contribution in [0.2, 0.25) is 0 Å². The lowest BCUT2D eigenvalue weighted by Gasteiger charge is -2.26. The molecule has 0 aromatic rings. The minimum atomic E-state index is -3.72. The highest BCUT2D eigenvalue weighted by Gasteiger charge is 2.72. The van der Waals surface area contributed by atoms with Gasteiger partial charge in [0.25, 0.3) is 0 Å². The maximum Gasteiger partial charge on any atom is 0.377 e. The average Bonchev–Trinajstić information content (AvgIpc) is 2.90. The molecule has 0 radical (unpaired) electrons. The average molecular weight is 292 g/mol. The summed E-state index contributed by atoms with van der Waals surface area (Å²) in [6.07, 6.45) is -4.34. The fraction of sp³-hybridized carbons (Fsp3) is 0.727. The molecule has 3 saturated heterocycles. The maximum absolute atomic E-state index is 12.8. The molecule has 3 rings (SSSR count). The Labute approximate surface area is 110 Å². The van der Waals surface area contributed by atoms with Gasteiger partial charge >= 0.3 is 23.8 Å². The number of alkyl halides is 2. The van der Waals surface area contributed by atoms with E-state index in [4.69, 9.17) is 14.6 Å². The molecule has 0 aromatic heterocycles. The van der Waals surface area contributed by atoms with Crippen LogP contribution < -0.4 is 0 Å². The van der Waals surface area contributed by atoms with E-state index in [0.717, 1.165) is 0 Å². The second-order valence-electron chi connectivity index (χ2n) is 5.11. The molecular formula is C11H10F2O7. The summed E-state index contributed by atoms with van der Waals surface area (Å²) in [5.41, 5.74) is 0. The van der Waals surface area contributed by atoms with Crippen molar-refractivity contribution >= 4 is 17.9 Å². The molecule has 9 heteroatoms. The van der Waals surface area contributed by atoms with Crippen molar-refractivity contribution in [3.63, 3.8) is 0 Å². The summed E-state index contributed by atoms with van der Waals surface area (Å²) < 4.78 is 40.5. The lowest BCUT2D eigenvalue weighted by Crippen LogP contribution is -2.48. The second kappa shape index (κ2) is 3.87. The van der Waals surface area contributed by atoms with Crippen molar-refractivity contribution in [2.24, 2.45) is 11.8 Å². The monoisotopic (exact) mass is 292 g/mol. The van der Waals surface area contributed by atoms with E-state index in [1.165, 1.54) is 0 Å². The fourth-order valence-corrected chi connectivity index (χ4v) is 2.98. The third-order valence-electron chi connectivity index (χ3n) is 3.79. The van der Waals surface area contributed by atoms with Gasteiger partial charge in [-0.25, -0.2) is 4.79 Å². The molecule has 1 N–H and O–H groups in total. The van der Waals surface area contributed by atoms with Gasteiger partial charge in [0.2, 0.25) is 0 Å². The van der Waals surface area contributed by atoms with Gasteiger partial charge in [-0.15, -0.1) is 0 Å². The van der Waals surface area contributed by atoms with Gasteiger partial charge in [-0.2, -0.15) is 8.78 Å². The molecule has 3 aliphatic heterocycles. The molecule has 0 aromatic carbocycles. The summed E-state index contributed by atoms with van der Waals surface area (Å²) in [6, 6.07) is 0. The van der Waals surface area contributed by atoms with E-state index >= 15 is 0 Å². The van der Waals surface area contributed by atoms with Crippen molar-refractivity contribution in [1.82, 2.24) is 0 Å². The Morgan fingerprint density at radius 1 is 1.30 bits per heavy atom. The van der Waals surface area contributed by atoms with Gasteiger partial charge < -0.3 is 19.3 Å². The van der Waals surface area contributed by atoms with Crippen molar-refractivity contribution in [3.8, 4) is 0 Å². The Kier molecular flexibility index (Phi) is 2.56. The molecule has 7 nitrogen and oxygen atoms in total. The number of rotatable bonds is 3. The molecule has 6 atom stereocenters. The molecule has 3 heterocycles. The lowest BCUT2D eigenvalue weighted by molar-refractivity contribution is -0.184. The number of fused-ring (bicyclic) bond motifs is 1. The number of halogens is 2. The molecular weight excluding hydrogens is 282 g/mol. The minimum Gasteiger partial charge on any atom is -0.481 e. The van der Waals surface area contributed by atoms with Crippen molar-refractivity contribution in [3.05, 3.63) is 0 Å². The number of carbonyl (C=O) groups is 3. The first-order valence-corrected chi connectivity index (χ1v) is 5.89. The van der Waals surface area contributed by atoms with E-state index in [0.29, 0.717) is 6.92 Å². The van der Waals surface area contributed by atoms with E-state index in [2.05, 4.69) is 4.74 Å². The summed E-state index contributed by atoms with van der Waals surface area (Å²) in [4.78, 5) is 34.0. The number of carbonyl (C=O) groups excluding carboxylic acids is 2. The van der Waals surface area contributed by atoms with Gasteiger partial charge in [0.05, 0.1) is 0 Å². The second-order valence-corrected chi connectivity index (χ2v) is 5.11. The maximum atomic E-state index is 12.8. The molecule has 6 unspecified atom stereocenters. The molecule has 0 aliphatic carbocycles. The van der Waals surface area contributed by atoms with E-state index in [1.54, 1.807) is 0 Å². The zero-order valence-electron chi connectivity index (χ0n) is 10.1. The fourth-order valence-electron chi connectivity index (χ4n) is 2.98. The van der Waals surface area contributed by atoms with Crippen LogP contribution in [0.3, 0.4) is 0 Å². The molecule has 3 aliphatic rings. The van der Waals surface area contributed by atoms with E-state index in [9.17, 15) is 23.2 Å². The van der Waals surface area contributed by atoms with Crippen LogP contribution in [0.1, 0.15) is 6.92 Å². The van der Waals surface area contributed by atoms with Gasteiger partial charge in [0.1, 0.15) is 24.0 Å². The summed E-state index contributed by atoms with van der Waals surface area (Å²) in [5, 5.41) is 9.11. The molecule has 0 amide bonds. The Morgan fingerprint density at radius 3 is 2.50 bits per heavy atom. The number of ether oxygens (including phenoxy) is 3. The Morgan fingerprint density at radius 2 is 1.95 bits per heavy atom. The number of hydrogen-bond acceptors (Lipinski definition) is 6. The highest BCUT2D eigenvalue weighted by Crippen LogP contribution is 2.51. The first kappa shape index (κ1) is 13.2. The SMILES string of the molecule is CC(F)(F)C(=O)OC1C2OC(=O)C3C2OC1C3C(=O)O. The van der Waals surface area contributed by atoms with Crippen molar-refractivity contribution in [1.29, 1.82) is 0 Å². The quantitative estimate of drug-likeness (QED) is 0.705. The number of esters is 2. The van der Waals surface area contributed by atoms with Crippen LogP contribution in [0.5, 0.6) is 0 Å². The Balaban J connectivity index is 1.86. The molecule has 20 heavy (non-hydrogen) atoms. The lowest BCUT2D eigenvalue weighted by atomic mass is 9.78. The molecule has 0 spiro atoms. The van der Waals surface area contributed by atoms with Crippen LogP contribution in [-0.2, 0) is 28.6 Å². The summed E-state index contributed by atoms with van der Waals surface area (Å²) in [6.45, 7) is 0.363. The Hall–Kier alpha value is -1.77. The summed E-state index contributed by atoms with van der Waals surface area (Å²) in [5.74, 6) is -9.83. The van der Waals surface area contributed by atoms with Crippen LogP contribution in [0.15, 0.2) is 0 Å². The van der Waals surface area contributed by atoms with Crippen molar-refractivity contribution < 1.29 is 42.5 Å². The van der Waals surface area contributed by atoms with Crippen molar-refractivity contribution in [2.45, 2.75) is 37.3 Å². The van der Waals surface area contributed by atoms with Crippen LogP contribution in [-0.4, -0.2) is 53.4 Å². The van der Waals surface area contributed by atoms with Crippen LogP contribution >= 0.6 is 0 Å². The predicted octanol–water partition coefficient (Wildman–Crippen LogP) is -0.423. The highest BCUT2D eigenvalue weighted by atomic mass is 19.3. The number of aliphatic carboxylic acids is 1. The molecule has 0 saturated carbocycles.